The van der Waals surface area contributed by atoms with Gasteiger partial charge in [-0.3, -0.25) is 4.79 Å². The van der Waals surface area contributed by atoms with Gasteiger partial charge in [0.2, 0.25) is 5.75 Å². The second-order valence-corrected chi connectivity index (χ2v) is 7.41. The minimum absolute atomic E-state index is 0.247. The van der Waals surface area contributed by atoms with E-state index in [1.165, 1.54) is 25.7 Å². The molecule has 0 spiro atoms. The number of rotatable bonds is 12. The van der Waals surface area contributed by atoms with Crippen molar-refractivity contribution in [1.82, 2.24) is 4.98 Å². The van der Waals surface area contributed by atoms with Crippen LogP contribution < -0.4 is 19.8 Å². The molecule has 30 heavy (non-hydrogen) atoms. The van der Waals surface area contributed by atoms with E-state index in [9.17, 15) is 4.79 Å². The number of fused-ring (bicyclic) bond motifs is 1. The molecule has 0 bridgehead atoms. The second kappa shape index (κ2) is 11.3. The Kier molecular flexibility index (Phi) is 8.19. The lowest BCUT2D eigenvalue weighted by Gasteiger charge is -2.15. The van der Waals surface area contributed by atoms with Crippen LogP contribution in [0.2, 0.25) is 0 Å². The maximum absolute atomic E-state index is 12.8. The highest BCUT2D eigenvalue weighted by Gasteiger charge is 2.16. The Balaban J connectivity index is 1.80. The molecule has 1 N–H and O–H groups in total. The predicted molar refractivity (Wildman–Crippen MR) is 121 cm³/mol. The van der Waals surface area contributed by atoms with E-state index in [0.29, 0.717) is 30.2 Å². The van der Waals surface area contributed by atoms with E-state index in [-0.39, 0.29) is 11.3 Å². The molecule has 0 aliphatic carbocycles. The van der Waals surface area contributed by atoms with Crippen molar-refractivity contribution >= 4 is 10.9 Å². The minimum Gasteiger partial charge on any atom is -0.497 e. The van der Waals surface area contributed by atoms with Gasteiger partial charge in [0.05, 0.1) is 19.2 Å². The van der Waals surface area contributed by atoms with Crippen molar-refractivity contribution in [2.24, 2.45) is 0 Å². The van der Waals surface area contributed by atoms with Gasteiger partial charge < -0.3 is 19.2 Å². The standard InChI is InChI=1S/C25H31NO4/c1-3-4-5-6-7-11-16-29-24-23(30-18-19-12-9-8-10-13-19)21-15-14-20(28-2)17-22(21)26-25(24)27/h8-10,12-15,17H,3-7,11,16,18H2,1-2H3,(H,26,27). The quantitative estimate of drug-likeness (QED) is 0.381. The third-order valence-corrected chi connectivity index (χ3v) is 5.10. The van der Waals surface area contributed by atoms with E-state index in [1.807, 2.05) is 42.5 Å². The summed E-state index contributed by atoms with van der Waals surface area (Å²) in [6.07, 6.45) is 6.97. The Hall–Kier alpha value is -2.95. The summed E-state index contributed by atoms with van der Waals surface area (Å²) >= 11 is 0. The van der Waals surface area contributed by atoms with Crippen LogP contribution in [0.15, 0.2) is 53.3 Å². The first kappa shape index (κ1) is 21.8. The van der Waals surface area contributed by atoms with Crippen molar-refractivity contribution in [2.75, 3.05) is 13.7 Å². The molecule has 0 saturated heterocycles. The molecule has 1 heterocycles. The lowest BCUT2D eigenvalue weighted by atomic mass is 10.1. The van der Waals surface area contributed by atoms with Crippen LogP contribution in [0.4, 0.5) is 0 Å². The van der Waals surface area contributed by atoms with Gasteiger partial charge in [-0.25, -0.2) is 0 Å². The summed E-state index contributed by atoms with van der Waals surface area (Å²) in [7, 11) is 1.60. The minimum atomic E-state index is -0.287. The molecule has 0 aliphatic rings. The summed E-state index contributed by atoms with van der Waals surface area (Å²) in [4.78, 5) is 15.7. The highest BCUT2D eigenvalue weighted by atomic mass is 16.5. The van der Waals surface area contributed by atoms with Crippen LogP contribution in [0.1, 0.15) is 51.0 Å². The second-order valence-electron chi connectivity index (χ2n) is 7.41. The molecule has 0 atom stereocenters. The van der Waals surface area contributed by atoms with Gasteiger partial charge in [0, 0.05) is 11.5 Å². The molecular weight excluding hydrogens is 378 g/mol. The van der Waals surface area contributed by atoms with Crippen molar-refractivity contribution in [3.63, 3.8) is 0 Å². The zero-order valence-corrected chi connectivity index (χ0v) is 17.9. The number of methoxy groups -OCH3 is 1. The molecular formula is C25H31NO4. The fourth-order valence-electron chi connectivity index (χ4n) is 3.42. The molecule has 1 aromatic heterocycles. The third kappa shape index (κ3) is 5.78. The molecule has 0 amide bonds. The molecule has 160 valence electrons. The first-order valence-electron chi connectivity index (χ1n) is 10.8. The first-order valence-corrected chi connectivity index (χ1v) is 10.8. The van der Waals surface area contributed by atoms with Crippen molar-refractivity contribution < 1.29 is 14.2 Å². The summed E-state index contributed by atoms with van der Waals surface area (Å²) in [6.45, 7) is 3.07. The van der Waals surface area contributed by atoms with Gasteiger partial charge in [-0.15, -0.1) is 0 Å². The van der Waals surface area contributed by atoms with Gasteiger partial charge in [-0.1, -0.05) is 69.4 Å². The average Bonchev–Trinajstić information content (AvgIpc) is 2.78. The van der Waals surface area contributed by atoms with Crippen molar-refractivity contribution in [3.8, 4) is 17.2 Å². The number of H-pyrrole nitrogens is 1. The van der Waals surface area contributed by atoms with Gasteiger partial charge in [-0.2, -0.15) is 0 Å². The number of nitrogens with one attached hydrogen (secondary N) is 1. The zero-order valence-electron chi connectivity index (χ0n) is 17.9. The van der Waals surface area contributed by atoms with Crippen LogP contribution in [0.5, 0.6) is 17.2 Å². The number of unbranched alkanes of at least 4 members (excludes halogenated alkanes) is 5. The number of benzene rings is 2. The lowest BCUT2D eigenvalue weighted by molar-refractivity contribution is 0.257. The molecule has 5 nitrogen and oxygen atoms in total. The molecule has 0 fully saturated rings. The van der Waals surface area contributed by atoms with Crippen LogP contribution in [-0.4, -0.2) is 18.7 Å². The normalized spacial score (nSPS) is 10.9. The van der Waals surface area contributed by atoms with Crippen LogP contribution in [-0.2, 0) is 6.61 Å². The van der Waals surface area contributed by atoms with Crippen molar-refractivity contribution in [2.45, 2.75) is 52.1 Å². The maximum atomic E-state index is 12.8. The summed E-state index contributed by atoms with van der Waals surface area (Å²) in [6, 6.07) is 15.4. The molecule has 0 radical (unpaired) electrons. The smallest absolute Gasteiger partial charge is 0.294 e. The van der Waals surface area contributed by atoms with Crippen LogP contribution in [0.25, 0.3) is 10.9 Å². The third-order valence-electron chi connectivity index (χ3n) is 5.10. The van der Waals surface area contributed by atoms with E-state index in [1.54, 1.807) is 13.2 Å². The first-order chi connectivity index (χ1) is 14.7. The van der Waals surface area contributed by atoms with Gasteiger partial charge in [0.15, 0.2) is 5.75 Å². The summed E-state index contributed by atoms with van der Waals surface area (Å²) in [5.74, 6) is 1.40. The van der Waals surface area contributed by atoms with Crippen molar-refractivity contribution in [1.29, 1.82) is 0 Å². The fraction of sp³-hybridized carbons (Fsp3) is 0.400. The molecule has 0 saturated carbocycles. The molecule has 0 aliphatic heterocycles. The number of pyridine rings is 1. The van der Waals surface area contributed by atoms with Gasteiger partial charge in [-0.05, 0) is 24.1 Å². The maximum Gasteiger partial charge on any atom is 0.294 e. The van der Waals surface area contributed by atoms with E-state index in [4.69, 9.17) is 14.2 Å². The molecule has 0 unspecified atom stereocenters. The Morgan fingerprint density at radius 3 is 2.40 bits per heavy atom. The van der Waals surface area contributed by atoms with Crippen molar-refractivity contribution in [3.05, 3.63) is 64.4 Å². The SMILES string of the molecule is CCCCCCCCOc1c(OCc2ccccc2)c2ccc(OC)cc2[nH]c1=O. The topological polar surface area (TPSA) is 60.6 Å². The number of aromatic nitrogens is 1. The Labute approximate surface area is 178 Å². The number of hydrogen-bond donors (Lipinski definition) is 1. The van der Waals surface area contributed by atoms with Gasteiger partial charge in [0.1, 0.15) is 12.4 Å². The van der Waals surface area contributed by atoms with E-state index in [2.05, 4.69) is 11.9 Å². The van der Waals surface area contributed by atoms with E-state index in [0.717, 1.165) is 23.8 Å². The Morgan fingerprint density at radius 2 is 1.63 bits per heavy atom. The number of ether oxygens (including phenoxy) is 3. The largest absolute Gasteiger partial charge is 0.497 e. The molecule has 5 heteroatoms. The molecule has 2 aromatic carbocycles. The Bertz CT molecular complexity index is 982. The number of hydrogen-bond acceptors (Lipinski definition) is 4. The monoisotopic (exact) mass is 409 g/mol. The summed E-state index contributed by atoms with van der Waals surface area (Å²) in [5.41, 5.74) is 1.40. The van der Waals surface area contributed by atoms with Crippen LogP contribution in [0.3, 0.4) is 0 Å². The molecule has 3 rings (SSSR count). The highest BCUT2D eigenvalue weighted by molar-refractivity contribution is 5.88. The van der Waals surface area contributed by atoms with Crippen LogP contribution in [0, 0.1) is 0 Å². The van der Waals surface area contributed by atoms with E-state index >= 15 is 0 Å². The number of aromatic amines is 1. The van der Waals surface area contributed by atoms with Gasteiger partial charge in [0.25, 0.3) is 5.56 Å². The lowest BCUT2D eigenvalue weighted by Crippen LogP contribution is -2.14. The fourth-order valence-corrected chi connectivity index (χ4v) is 3.42. The van der Waals surface area contributed by atoms with E-state index < -0.39 is 0 Å². The zero-order chi connectivity index (χ0) is 21.2. The summed E-state index contributed by atoms with van der Waals surface area (Å²) in [5, 5.41) is 0.796. The average molecular weight is 410 g/mol. The predicted octanol–water partition coefficient (Wildman–Crippen LogP) is 5.86. The molecule has 3 aromatic rings. The Morgan fingerprint density at radius 1 is 0.867 bits per heavy atom. The highest BCUT2D eigenvalue weighted by Crippen LogP contribution is 2.34. The van der Waals surface area contributed by atoms with Crippen LogP contribution >= 0.6 is 0 Å². The summed E-state index contributed by atoms with van der Waals surface area (Å²) < 4.78 is 17.3. The van der Waals surface area contributed by atoms with Gasteiger partial charge >= 0.3 is 0 Å².